The Morgan fingerprint density at radius 2 is 2.06 bits per heavy atom. The molecule has 0 aromatic heterocycles. The minimum absolute atomic E-state index is 0.0153. The van der Waals surface area contributed by atoms with Crippen molar-refractivity contribution in [3.63, 3.8) is 0 Å². The summed E-state index contributed by atoms with van der Waals surface area (Å²) in [5.74, 6) is 0. The Morgan fingerprint density at radius 3 is 2.59 bits per heavy atom. The van der Waals surface area contributed by atoms with Crippen LogP contribution in [0.3, 0.4) is 0 Å². The normalized spacial score (nSPS) is 16.9. The first-order valence-electron chi connectivity index (χ1n) is 5.46. The van der Waals surface area contributed by atoms with Crippen LogP contribution in [0.1, 0.15) is 16.7 Å². The van der Waals surface area contributed by atoms with Crippen LogP contribution in [0.4, 0.5) is 13.2 Å². The van der Waals surface area contributed by atoms with Crippen LogP contribution in [0.5, 0.6) is 0 Å². The molecule has 0 unspecified atom stereocenters. The minimum atomic E-state index is -4.32. The number of benzene rings is 1. The number of hydrogen-bond donors (Lipinski definition) is 1. The lowest BCUT2D eigenvalue weighted by atomic mass is 10.0. The van der Waals surface area contributed by atoms with E-state index >= 15 is 0 Å². The summed E-state index contributed by atoms with van der Waals surface area (Å²) < 4.78 is 43.7. The first kappa shape index (κ1) is 12.4. The van der Waals surface area contributed by atoms with Gasteiger partial charge >= 0.3 is 6.18 Å². The van der Waals surface area contributed by atoms with Crippen molar-refractivity contribution in [3.8, 4) is 0 Å². The first-order chi connectivity index (χ1) is 7.97. The zero-order valence-corrected chi connectivity index (χ0v) is 9.47. The highest BCUT2D eigenvalue weighted by atomic mass is 19.4. The maximum Gasteiger partial charge on any atom is 0.416 e. The topological polar surface area (TPSA) is 21.3 Å². The highest BCUT2D eigenvalue weighted by Crippen LogP contribution is 2.33. The van der Waals surface area contributed by atoms with Gasteiger partial charge in [0.1, 0.15) is 0 Å². The van der Waals surface area contributed by atoms with E-state index in [1.54, 1.807) is 13.0 Å². The summed E-state index contributed by atoms with van der Waals surface area (Å²) in [6.45, 7) is 3.09. The zero-order valence-electron chi connectivity index (χ0n) is 9.47. The summed E-state index contributed by atoms with van der Waals surface area (Å²) in [4.78, 5) is 0. The Morgan fingerprint density at radius 1 is 1.35 bits per heavy atom. The van der Waals surface area contributed by atoms with E-state index in [4.69, 9.17) is 4.74 Å². The zero-order chi connectivity index (χ0) is 12.5. The average Bonchev–Trinajstić information content (AvgIpc) is 2.16. The molecule has 1 aliphatic rings. The van der Waals surface area contributed by atoms with E-state index in [1.807, 2.05) is 0 Å². The van der Waals surface area contributed by atoms with Gasteiger partial charge in [-0.15, -0.1) is 0 Å². The first-order valence-corrected chi connectivity index (χ1v) is 5.46. The molecule has 0 amide bonds. The average molecular weight is 245 g/mol. The molecule has 94 valence electrons. The lowest BCUT2D eigenvalue weighted by molar-refractivity contribution is -0.139. The van der Waals surface area contributed by atoms with Crippen molar-refractivity contribution in [2.45, 2.75) is 25.8 Å². The van der Waals surface area contributed by atoms with Crippen molar-refractivity contribution in [2.24, 2.45) is 0 Å². The predicted molar refractivity (Wildman–Crippen MR) is 57.6 cm³/mol. The standard InChI is InChI=1S/C12H14F3NO/c1-8-2-3-9(7-17-10-5-16-6-10)11(4-8)12(13,14)15/h2-4,10,16H,5-7H2,1H3. The third-order valence-corrected chi connectivity index (χ3v) is 2.79. The third-order valence-electron chi connectivity index (χ3n) is 2.79. The summed E-state index contributed by atoms with van der Waals surface area (Å²) in [5, 5.41) is 3.00. The Bertz CT molecular complexity index is 399. The van der Waals surface area contributed by atoms with E-state index < -0.39 is 11.7 Å². The molecule has 2 rings (SSSR count). The second-order valence-electron chi connectivity index (χ2n) is 4.25. The van der Waals surface area contributed by atoms with Gasteiger partial charge in [0.15, 0.2) is 0 Å². The molecule has 1 fully saturated rings. The molecule has 0 atom stereocenters. The summed E-state index contributed by atoms with van der Waals surface area (Å²) >= 11 is 0. The van der Waals surface area contributed by atoms with Crippen LogP contribution in [-0.4, -0.2) is 19.2 Å². The number of ether oxygens (including phenoxy) is 1. The SMILES string of the molecule is Cc1ccc(COC2CNC2)c(C(F)(F)F)c1. The molecule has 0 saturated carbocycles. The molecule has 0 spiro atoms. The molecule has 2 nitrogen and oxygen atoms in total. The Balaban J connectivity index is 2.13. The van der Waals surface area contributed by atoms with Gasteiger partial charge < -0.3 is 10.1 Å². The number of hydrogen-bond acceptors (Lipinski definition) is 2. The molecular formula is C12H14F3NO. The molecule has 1 saturated heterocycles. The molecule has 1 N–H and O–H groups in total. The summed E-state index contributed by atoms with van der Waals surface area (Å²) in [7, 11) is 0. The molecular weight excluding hydrogens is 231 g/mol. The van der Waals surface area contributed by atoms with Crippen molar-refractivity contribution in [1.29, 1.82) is 0 Å². The van der Waals surface area contributed by atoms with Crippen molar-refractivity contribution in [1.82, 2.24) is 5.32 Å². The van der Waals surface area contributed by atoms with Crippen molar-refractivity contribution < 1.29 is 17.9 Å². The smallest absolute Gasteiger partial charge is 0.371 e. The lowest BCUT2D eigenvalue weighted by Crippen LogP contribution is -2.48. The molecule has 0 bridgehead atoms. The van der Waals surface area contributed by atoms with E-state index in [2.05, 4.69) is 5.32 Å². The lowest BCUT2D eigenvalue weighted by Gasteiger charge is -2.27. The molecule has 0 aliphatic carbocycles. The number of halogens is 3. The van der Waals surface area contributed by atoms with E-state index in [0.717, 1.165) is 6.07 Å². The van der Waals surface area contributed by atoms with Crippen LogP contribution in [-0.2, 0) is 17.5 Å². The number of alkyl halides is 3. The molecule has 0 radical (unpaired) electrons. The van der Waals surface area contributed by atoms with Gasteiger partial charge in [0.2, 0.25) is 0 Å². The number of aryl methyl sites for hydroxylation is 1. The van der Waals surface area contributed by atoms with Crippen LogP contribution in [0, 0.1) is 6.92 Å². The van der Waals surface area contributed by atoms with Gasteiger partial charge in [0, 0.05) is 13.1 Å². The van der Waals surface area contributed by atoms with Gasteiger partial charge in [-0.05, 0) is 18.6 Å². The van der Waals surface area contributed by atoms with Crippen LogP contribution >= 0.6 is 0 Å². The van der Waals surface area contributed by atoms with Crippen molar-refractivity contribution in [3.05, 3.63) is 34.9 Å². The maximum atomic E-state index is 12.8. The monoisotopic (exact) mass is 245 g/mol. The van der Waals surface area contributed by atoms with E-state index in [9.17, 15) is 13.2 Å². The summed E-state index contributed by atoms with van der Waals surface area (Å²) in [6, 6.07) is 4.33. The highest BCUT2D eigenvalue weighted by Gasteiger charge is 2.33. The summed E-state index contributed by atoms with van der Waals surface area (Å²) in [5.41, 5.74) is 0.214. The fraction of sp³-hybridized carbons (Fsp3) is 0.500. The Kier molecular flexibility index (Phi) is 3.40. The molecule has 1 aliphatic heterocycles. The minimum Gasteiger partial charge on any atom is -0.371 e. The number of rotatable bonds is 3. The van der Waals surface area contributed by atoms with Gasteiger partial charge in [0.05, 0.1) is 18.3 Å². The van der Waals surface area contributed by atoms with Crippen LogP contribution in [0.25, 0.3) is 0 Å². The van der Waals surface area contributed by atoms with E-state index in [1.165, 1.54) is 6.07 Å². The van der Waals surface area contributed by atoms with Crippen LogP contribution in [0.2, 0.25) is 0 Å². The van der Waals surface area contributed by atoms with Gasteiger partial charge in [-0.2, -0.15) is 13.2 Å². The Labute approximate surface area is 97.8 Å². The largest absolute Gasteiger partial charge is 0.416 e. The van der Waals surface area contributed by atoms with E-state index in [-0.39, 0.29) is 18.3 Å². The van der Waals surface area contributed by atoms with Crippen molar-refractivity contribution >= 4 is 0 Å². The molecule has 1 heterocycles. The fourth-order valence-electron chi connectivity index (χ4n) is 1.67. The number of nitrogens with one attached hydrogen (secondary N) is 1. The summed E-state index contributed by atoms with van der Waals surface area (Å²) in [6.07, 6.45) is -4.28. The predicted octanol–water partition coefficient (Wildman–Crippen LogP) is 2.50. The van der Waals surface area contributed by atoms with Crippen molar-refractivity contribution in [2.75, 3.05) is 13.1 Å². The second-order valence-corrected chi connectivity index (χ2v) is 4.25. The second kappa shape index (κ2) is 4.66. The quantitative estimate of drug-likeness (QED) is 0.883. The molecule has 17 heavy (non-hydrogen) atoms. The van der Waals surface area contributed by atoms with Gasteiger partial charge in [-0.1, -0.05) is 17.7 Å². The molecule has 5 heteroatoms. The van der Waals surface area contributed by atoms with Gasteiger partial charge in [-0.25, -0.2) is 0 Å². The highest BCUT2D eigenvalue weighted by molar-refractivity contribution is 5.33. The Hall–Kier alpha value is -1.07. The fourth-order valence-corrected chi connectivity index (χ4v) is 1.67. The molecule has 1 aromatic rings. The van der Waals surface area contributed by atoms with E-state index in [0.29, 0.717) is 18.7 Å². The van der Waals surface area contributed by atoms with Gasteiger partial charge in [0.25, 0.3) is 0 Å². The maximum absolute atomic E-state index is 12.8. The van der Waals surface area contributed by atoms with Gasteiger partial charge in [-0.3, -0.25) is 0 Å². The van der Waals surface area contributed by atoms with Crippen LogP contribution in [0.15, 0.2) is 18.2 Å². The molecule has 1 aromatic carbocycles. The third kappa shape index (κ3) is 2.98. The van der Waals surface area contributed by atoms with Crippen LogP contribution < -0.4 is 5.32 Å².